The van der Waals surface area contributed by atoms with Crippen molar-refractivity contribution in [1.82, 2.24) is 5.32 Å². The van der Waals surface area contributed by atoms with E-state index in [4.69, 9.17) is 16.3 Å². The number of nitrogens with one attached hydrogen (secondary N) is 1. The highest BCUT2D eigenvalue weighted by atomic mass is 35.5. The van der Waals surface area contributed by atoms with Gasteiger partial charge in [-0.3, -0.25) is 0 Å². The van der Waals surface area contributed by atoms with Crippen LogP contribution in [0.15, 0.2) is 0 Å². The van der Waals surface area contributed by atoms with Crippen molar-refractivity contribution in [1.29, 1.82) is 0 Å². The maximum Gasteiger partial charge on any atom is 0.0469 e. The highest BCUT2D eigenvalue weighted by Gasteiger charge is 2.33. The van der Waals surface area contributed by atoms with E-state index in [2.05, 4.69) is 12.2 Å². The van der Waals surface area contributed by atoms with Crippen molar-refractivity contribution in [3.05, 3.63) is 0 Å². The number of alkyl halides is 1. The molecule has 0 radical (unpaired) electrons. The van der Waals surface area contributed by atoms with Crippen LogP contribution in [-0.4, -0.2) is 31.2 Å². The summed E-state index contributed by atoms with van der Waals surface area (Å²) in [5.41, 5.74) is 0.229. The van der Waals surface area contributed by atoms with Gasteiger partial charge in [-0.15, -0.1) is 11.6 Å². The first-order chi connectivity index (χ1) is 8.24. The molecule has 100 valence electrons. The molecular weight excluding hydrogens is 234 g/mol. The van der Waals surface area contributed by atoms with Crippen LogP contribution in [0.25, 0.3) is 0 Å². The van der Waals surface area contributed by atoms with E-state index in [0.717, 1.165) is 37.5 Å². The molecule has 2 fully saturated rings. The zero-order chi connectivity index (χ0) is 12.1. The lowest BCUT2D eigenvalue weighted by molar-refractivity contribution is 0.0620. The Bertz CT molecular complexity index is 220. The molecule has 2 rings (SSSR count). The monoisotopic (exact) mass is 259 g/mol. The minimum atomic E-state index is 0.229. The minimum absolute atomic E-state index is 0.229. The Kier molecular flexibility index (Phi) is 5.13. The van der Waals surface area contributed by atoms with Gasteiger partial charge in [-0.25, -0.2) is 0 Å². The molecular formula is C14H26ClNO. The summed E-state index contributed by atoms with van der Waals surface area (Å²) < 4.78 is 5.40. The molecule has 3 heteroatoms. The van der Waals surface area contributed by atoms with Crippen molar-refractivity contribution >= 4 is 11.6 Å². The van der Waals surface area contributed by atoms with E-state index in [0.29, 0.717) is 0 Å². The summed E-state index contributed by atoms with van der Waals surface area (Å²) in [6, 6.07) is 0. The second-order valence-corrected chi connectivity index (χ2v) is 6.30. The van der Waals surface area contributed by atoms with E-state index < -0.39 is 0 Å². The van der Waals surface area contributed by atoms with E-state index in [1.54, 1.807) is 0 Å². The summed E-state index contributed by atoms with van der Waals surface area (Å²) in [6.07, 6.45) is 7.58. The van der Waals surface area contributed by atoms with Crippen LogP contribution in [0.5, 0.6) is 0 Å². The van der Waals surface area contributed by atoms with E-state index in [1.165, 1.54) is 38.5 Å². The third-order valence-electron chi connectivity index (χ3n) is 4.59. The highest BCUT2D eigenvalue weighted by Crippen LogP contribution is 2.33. The Labute approximate surface area is 110 Å². The first-order valence-corrected chi connectivity index (χ1v) is 7.66. The van der Waals surface area contributed by atoms with Gasteiger partial charge in [0.2, 0.25) is 0 Å². The molecule has 1 aliphatic heterocycles. The molecule has 17 heavy (non-hydrogen) atoms. The van der Waals surface area contributed by atoms with Crippen molar-refractivity contribution < 1.29 is 4.74 Å². The highest BCUT2D eigenvalue weighted by molar-refractivity contribution is 6.18. The lowest BCUT2D eigenvalue weighted by Gasteiger charge is -2.40. The Morgan fingerprint density at radius 1 is 1.18 bits per heavy atom. The van der Waals surface area contributed by atoms with Gasteiger partial charge in [0.25, 0.3) is 0 Å². The van der Waals surface area contributed by atoms with Crippen LogP contribution >= 0.6 is 11.6 Å². The molecule has 0 bridgehead atoms. The molecule has 2 aliphatic rings. The standard InChI is InChI=1S/C14H26ClNO/c1-12-2-6-14(11-15,7-3-12)16-10-13-4-8-17-9-5-13/h12-13,16H,2-11H2,1H3. The quantitative estimate of drug-likeness (QED) is 0.783. The number of rotatable bonds is 4. The molecule has 1 aliphatic carbocycles. The van der Waals surface area contributed by atoms with Crippen LogP contribution in [0.2, 0.25) is 0 Å². The van der Waals surface area contributed by atoms with Crippen LogP contribution in [0.1, 0.15) is 45.4 Å². The Morgan fingerprint density at radius 2 is 1.82 bits per heavy atom. The Balaban J connectivity index is 1.78. The minimum Gasteiger partial charge on any atom is -0.381 e. The number of hydrogen-bond acceptors (Lipinski definition) is 2. The molecule has 0 aromatic rings. The molecule has 1 N–H and O–H groups in total. The lowest BCUT2D eigenvalue weighted by atomic mass is 9.78. The SMILES string of the molecule is CC1CCC(CCl)(NCC2CCOCC2)CC1. The molecule has 1 saturated carbocycles. The average Bonchev–Trinajstić information content (AvgIpc) is 2.40. The molecule has 0 aromatic heterocycles. The van der Waals surface area contributed by atoms with Gasteiger partial charge in [-0.1, -0.05) is 6.92 Å². The summed E-state index contributed by atoms with van der Waals surface area (Å²) in [6.45, 7) is 5.37. The number of hydrogen-bond donors (Lipinski definition) is 1. The van der Waals surface area contributed by atoms with Crippen LogP contribution in [0.3, 0.4) is 0 Å². The maximum atomic E-state index is 6.22. The molecule has 0 amide bonds. The summed E-state index contributed by atoms with van der Waals surface area (Å²) in [5, 5.41) is 3.79. The van der Waals surface area contributed by atoms with Gasteiger partial charge in [0.1, 0.15) is 0 Å². The van der Waals surface area contributed by atoms with Gasteiger partial charge in [-0.2, -0.15) is 0 Å². The van der Waals surface area contributed by atoms with Crippen molar-refractivity contribution in [3.63, 3.8) is 0 Å². The van der Waals surface area contributed by atoms with Gasteiger partial charge >= 0.3 is 0 Å². The van der Waals surface area contributed by atoms with Crippen LogP contribution < -0.4 is 5.32 Å². The Morgan fingerprint density at radius 3 is 2.41 bits per heavy atom. The largest absolute Gasteiger partial charge is 0.381 e. The summed E-state index contributed by atoms with van der Waals surface area (Å²) in [5.74, 6) is 2.45. The maximum absolute atomic E-state index is 6.22. The smallest absolute Gasteiger partial charge is 0.0469 e. The summed E-state index contributed by atoms with van der Waals surface area (Å²) >= 11 is 6.22. The van der Waals surface area contributed by atoms with Crippen LogP contribution in [-0.2, 0) is 4.74 Å². The fourth-order valence-corrected chi connectivity index (χ4v) is 3.35. The first kappa shape index (κ1) is 13.6. The lowest BCUT2D eigenvalue weighted by Crippen LogP contribution is -2.51. The van der Waals surface area contributed by atoms with E-state index in [1.807, 2.05) is 0 Å². The number of halogens is 1. The van der Waals surface area contributed by atoms with Gasteiger partial charge in [0, 0.05) is 24.6 Å². The second kappa shape index (κ2) is 6.40. The molecule has 0 atom stereocenters. The fraction of sp³-hybridized carbons (Fsp3) is 1.00. The van der Waals surface area contributed by atoms with Gasteiger partial charge in [-0.05, 0) is 56.9 Å². The van der Waals surface area contributed by atoms with E-state index in [-0.39, 0.29) is 5.54 Å². The summed E-state index contributed by atoms with van der Waals surface area (Å²) in [7, 11) is 0. The predicted octanol–water partition coefficient (Wildman–Crippen LogP) is 3.19. The zero-order valence-corrected chi connectivity index (χ0v) is 11.8. The fourth-order valence-electron chi connectivity index (χ4n) is 2.98. The van der Waals surface area contributed by atoms with Crippen LogP contribution in [0, 0.1) is 11.8 Å². The third-order valence-corrected chi connectivity index (χ3v) is 5.11. The van der Waals surface area contributed by atoms with Gasteiger partial charge in [0.15, 0.2) is 0 Å². The first-order valence-electron chi connectivity index (χ1n) is 7.13. The van der Waals surface area contributed by atoms with Crippen molar-refractivity contribution in [2.45, 2.75) is 51.0 Å². The molecule has 2 nitrogen and oxygen atoms in total. The van der Waals surface area contributed by atoms with Crippen molar-refractivity contribution in [3.8, 4) is 0 Å². The molecule has 0 spiro atoms. The van der Waals surface area contributed by atoms with Crippen molar-refractivity contribution in [2.24, 2.45) is 11.8 Å². The van der Waals surface area contributed by atoms with E-state index >= 15 is 0 Å². The van der Waals surface area contributed by atoms with Crippen molar-refractivity contribution in [2.75, 3.05) is 25.6 Å². The average molecular weight is 260 g/mol. The normalized spacial score (nSPS) is 36.0. The predicted molar refractivity (Wildman–Crippen MR) is 72.6 cm³/mol. The number of ether oxygens (including phenoxy) is 1. The molecule has 0 aromatic carbocycles. The van der Waals surface area contributed by atoms with Crippen LogP contribution in [0.4, 0.5) is 0 Å². The second-order valence-electron chi connectivity index (χ2n) is 6.03. The topological polar surface area (TPSA) is 21.3 Å². The summed E-state index contributed by atoms with van der Waals surface area (Å²) in [4.78, 5) is 0. The van der Waals surface area contributed by atoms with E-state index in [9.17, 15) is 0 Å². The van der Waals surface area contributed by atoms with Gasteiger partial charge in [0.05, 0.1) is 0 Å². The van der Waals surface area contributed by atoms with Gasteiger partial charge < -0.3 is 10.1 Å². The Hall–Kier alpha value is 0.210. The zero-order valence-electron chi connectivity index (χ0n) is 11.0. The molecule has 1 saturated heterocycles. The molecule has 1 heterocycles. The third kappa shape index (κ3) is 3.84. The molecule has 0 unspecified atom stereocenters.